The van der Waals surface area contributed by atoms with E-state index in [4.69, 9.17) is 9.47 Å². The highest BCUT2D eigenvalue weighted by atomic mass is 16.5. The van der Waals surface area contributed by atoms with E-state index in [1.807, 2.05) is 66.7 Å². The Balaban J connectivity index is 1.95. The van der Waals surface area contributed by atoms with E-state index in [9.17, 15) is 9.59 Å². The maximum absolute atomic E-state index is 13.8. The Morgan fingerprint density at radius 3 is 1.97 bits per heavy atom. The lowest BCUT2D eigenvalue weighted by Gasteiger charge is -2.42. The molecule has 164 valence electrons. The first-order valence-corrected chi connectivity index (χ1v) is 10.4. The number of fused-ring (bicyclic) bond motifs is 1. The number of rotatable bonds is 5. The minimum atomic E-state index is -0.561. The van der Waals surface area contributed by atoms with E-state index < -0.39 is 12.0 Å². The van der Waals surface area contributed by atoms with Crippen LogP contribution in [0.4, 0.5) is 5.69 Å². The minimum absolute atomic E-state index is 0.0655. The summed E-state index contributed by atoms with van der Waals surface area (Å²) in [4.78, 5) is 30.6. The van der Waals surface area contributed by atoms with Crippen molar-refractivity contribution in [1.29, 1.82) is 0 Å². The van der Waals surface area contributed by atoms with Crippen LogP contribution in [0.1, 0.15) is 33.4 Å². The summed E-state index contributed by atoms with van der Waals surface area (Å²) >= 11 is 0. The average Bonchev–Trinajstić information content (AvgIpc) is 2.83. The number of ether oxygens (including phenoxy) is 2. The van der Waals surface area contributed by atoms with Crippen LogP contribution in [0, 0.1) is 0 Å². The third-order valence-corrected chi connectivity index (χ3v) is 5.85. The third kappa shape index (κ3) is 3.68. The summed E-state index contributed by atoms with van der Waals surface area (Å²) in [6.45, 7) is 0. The van der Waals surface area contributed by atoms with Gasteiger partial charge in [-0.15, -0.1) is 0 Å². The smallest absolute Gasteiger partial charge is 0.259 e. The molecule has 0 saturated heterocycles. The fourth-order valence-corrected chi connectivity index (χ4v) is 4.25. The lowest BCUT2D eigenvalue weighted by Crippen LogP contribution is -2.47. The van der Waals surface area contributed by atoms with Crippen molar-refractivity contribution in [3.05, 3.63) is 89.5 Å². The summed E-state index contributed by atoms with van der Waals surface area (Å²) in [6, 6.07) is 21.7. The Bertz CT molecular complexity index is 1120. The molecule has 0 saturated carbocycles. The molecule has 4 rings (SSSR count). The van der Waals surface area contributed by atoms with Gasteiger partial charge in [-0.05, 0) is 53.6 Å². The summed E-state index contributed by atoms with van der Waals surface area (Å²) in [5.74, 6) is 0.636. The van der Waals surface area contributed by atoms with Gasteiger partial charge in [0.2, 0.25) is 5.91 Å². The normalized spacial score (nSPS) is 17.5. The van der Waals surface area contributed by atoms with Crippen molar-refractivity contribution in [2.24, 2.45) is 0 Å². The molecule has 2 atom stereocenters. The van der Waals surface area contributed by atoms with Crippen molar-refractivity contribution in [2.45, 2.75) is 12.0 Å². The number of hydrogen-bond acceptors (Lipinski definition) is 4. The maximum atomic E-state index is 13.8. The molecule has 6 nitrogen and oxygen atoms in total. The second-order valence-corrected chi connectivity index (χ2v) is 7.89. The number of benzene rings is 3. The van der Waals surface area contributed by atoms with Gasteiger partial charge in [-0.2, -0.15) is 0 Å². The minimum Gasteiger partial charge on any atom is -0.497 e. The van der Waals surface area contributed by atoms with Crippen LogP contribution in [-0.2, 0) is 4.79 Å². The molecular weight excluding hydrogens is 404 g/mol. The van der Waals surface area contributed by atoms with E-state index in [0.717, 1.165) is 11.1 Å². The lowest BCUT2D eigenvalue weighted by molar-refractivity contribution is -0.130. The van der Waals surface area contributed by atoms with Gasteiger partial charge < -0.3 is 14.4 Å². The highest BCUT2D eigenvalue weighted by Gasteiger charge is 2.45. The van der Waals surface area contributed by atoms with Gasteiger partial charge in [0, 0.05) is 25.3 Å². The number of nitrogens with zero attached hydrogens (tertiary/aromatic N) is 2. The number of anilines is 1. The van der Waals surface area contributed by atoms with Crippen molar-refractivity contribution in [3.8, 4) is 11.5 Å². The molecule has 0 bridgehead atoms. The number of carbonyl (C=O) groups excluding carboxylic acids is 2. The highest BCUT2D eigenvalue weighted by molar-refractivity contribution is 6.11. The van der Waals surface area contributed by atoms with Crippen LogP contribution in [0.2, 0.25) is 0 Å². The molecule has 32 heavy (non-hydrogen) atoms. The molecule has 0 radical (unpaired) electrons. The molecule has 0 N–H and O–H groups in total. The summed E-state index contributed by atoms with van der Waals surface area (Å²) in [5.41, 5.74) is 2.82. The Hall–Kier alpha value is -3.80. The van der Waals surface area contributed by atoms with E-state index in [2.05, 4.69) is 0 Å². The Labute approximate surface area is 188 Å². The van der Waals surface area contributed by atoms with Gasteiger partial charge in [0.05, 0.1) is 26.2 Å². The number of hydrogen-bond donors (Lipinski definition) is 0. The Morgan fingerprint density at radius 2 is 1.41 bits per heavy atom. The van der Waals surface area contributed by atoms with Crippen LogP contribution in [-0.4, -0.2) is 45.0 Å². The SMILES string of the molecule is COc1ccc([C@H]2[C@H](C(=O)N(C)C)c3ccccc3C(=O)N2c2ccc(OC)cc2)cc1. The first-order valence-electron chi connectivity index (χ1n) is 10.4. The topological polar surface area (TPSA) is 59.1 Å². The van der Waals surface area contributed by atoms with Crippen LogP contribution in [0.3, 0.4) is 0 Å². The molecule has 0 fully saturated rings. The second kappa shape index (κ2) is 8.75. The van der Waals surface area contributed by atoms with Gasteiger partial charge in [0.1, 0.15) is 11.5 Å². The first kappa shape index (κ1) is 21.4. The Morgan fingerprint density at radius 1 is 0.844 bits per heavy atom. The fourth-order valence-electron chi connectivity index (χ4n) is 4.25. The zero-order chi connectivity index (χ0) is 22.8. The number of amides is 2. The van der Waals surface area contributed by atoms with Gasteiger partial charge >= 0.3 is 0 Å². The lowest BCUT2D eigenvalue weighted by atomic mass is 9.78. The predicted molar refractivity (Wildman–Crippen MR) is 123 cm³/mol. The van der Waals surface area contributed by atoms with Crippen LogP contribution in [0.15, 0.2) is 72.8 Å². The quantitative estimate of drug-likeness (QED) is 0.606. The van der Waals surface area contributed by atoms with Gasteiger partial charge in [-0.3, -0.25) is 14.5 Å². The molecule has 2 amide bonds. The van der Waals surface area contributed by atoms with Gasteiger partial charge in [0.25, 0.3) is 5.91 Å². The zero-order valence-corrected chi connectivity index (χ0v) is 18.6. The molecule has 0 aliphatic carbocycles. The van der Waals surface area contributed by atoms with Crippen LogP contribution >= 0.6 is 0 Å². The molecule has 1 heterocycles. The number of methoxy groups -OCH3 is 2. The zero-order valence-electron chi connectivity index (χ0n) is 18.6. The Kier molecular flexibility index (Phi) is 5.86. The van der Waals surface area contributed by atoms with Crippen molar-refractivity contribution in [3.63, 3.8) is 0 Å². The molecule has 6 heteroatoms. The van der Waals surface area contributed by atoms with E-state index in [1.165, 1.54) is 0 Å². The van der Waals surface area contributed by atoms with E-state index >= 15 is 0 Å². The number of carbonyl (C=O) groups is 2. The van der Waals surface area contributed by atoms with Crippen molar-refractivity contribution < 1.29 is 19.1 Å². The molecule has 0 unspecified atom stereocenters. The standard InChI is InChI=1S/C26H26N2O4/c1-27(2)26(30)23-21-7-5-6-8-22(21)25(29)28(18-11-15-20(32-4)16-12-18)24(23)17-9-13-19(31-3)14-10-17/h5-16,23-24H,1-4H3/t23-,24+/m1/s1. The molecule has 1 aliphatic heterocycles. The van der Waals surface area contributed by atoms with Crippen LogP contribution < -0.4 is 14.4 Å². The van der Waals surface area contributed by atoms with Gasteiger partial charge in [0.15, 0.2) is 0 Å². The number of likely N-dealkylation sites (N-methyl/N-ethyl adjacent to an activating group) is 1. The average molecular weight is 431 g/mol. The van der Waals surface area contributed by atoms with Gasteiger partial charge in [-0.25, -0.2) is 0 Å². The fraction of sp³-hybridized carbons (Fsp3) is 0.231. The molecule has 3 aromatic rings. The summed E-state index contributed by atoms with van der Waals surface area (Å²) in [7, 11) is 6.69. The second-order valence-electron chi connectivity index (χ2n) is 7.89. The summed E-state index contributed by atoms with van der Waals surface area (Å²) in [5, 5.41) is 0. The van der Waals surface area contributed by atoms with Crippen molar-refractivity contribution >= 4 is 17.5 Å². The highest BCUT2D eigenvalue weighted by Crippen LogP contribution is 2.46. The third-order valence-electron chi connectivity index (χ3n) is 5.85. The summed E-state index contributed by atoms with van der Waals surface area (Å²) in [6.07, 6.45) is 0. The van der Waals surface area contributed by atoms with E-state index in [-0.39, 0.29) is 11.8 Å². The molecule has 1 aliphatic rings. The monoisotopic (exact) mass is 430 g/mol. The van der Waals surface area contributed by atoms with Gasteiger partial charge in [-0.1, -0.05) is 30.3 Å². The van der Waals surface area contributed by atoms with E-state index in [1.54, 1.807) is 44.2 Å². The maximum Gasteiger partial charge on any atom is 0.259 e. The molecule has 3 aromatic carbocycles. The molecule has 0 aromatic heterocycles. The van der Waals surface area contributed by atoms with Crippen LogP contribution in [0.25, 0.3) is 0 Å². The largest absolute Gasteiger partial charge is 0.497 e. The summed E-state index contributed by atoms with van der Waals surface area (Å²) < 4.78 is 10.6. The first-order chi connectivity index (χ1) is 15.5. The predicted octanol–water partition coefficient (Wildman–Crippen LogP) is 4.28. The molecule has 0 spiro atoms. The van der Waals surface area contributed by atoms with E-state index in [0.29, 0.717) is 22.7 Å². The molecular formula is C26H26N2O4. The van der Waals surface area contributed by atoms with Crippen LogP contribution in [0.5, 0.6) is 11.5 Å². The van der Waals surface area contributed by atoms with Crippen molar-refractivity contribution in [2.75, 3.05) is 33.2 Å². The van der Waals surface area contributed by atoms with Crippen molar-refractivity contribution in [1.82, 2.24) is 4.90 Å².